The van der Waals surface area contributed by atoms with Crippen LogP contribution in [0, 0.1) is 5.92 Å². The highest BCUT2D eigenvalue weighted by molar-refractivity contribution is 5.83. The molecule has 2 aromatic rings. The van der Waals surface area contributed by atoms with E-state index in [2.05, 4.69) is 21.8 Å². The monoisotopic (exact) mass is 403 g/mol. The molecule has 2 atom stereocenters. The first-order chi connectivity index (χ1) is 13.9. The van der Waals surface area contributed by atoms with Gasteiger partial charge in [0.25, 0.3) is 0 Å². The van der Waals surface area contributed by atoms with Crippen molar-refractivity contribution < 1.29 is 22.7 Å². The second-order valence-electron chi connectivity index (χ2n) is 8.05. The molecule has 0 amide bonds. The van der Waals surface area contributed by atoms with Crippen LogP contribution in [0.5, 0.6) is 5.75 Å². The van der Waals surface area contributed by atoms with E-state index < -0.39 is 6.36 Å². The molecule has 2 unspecified atom stereocenters. The van der Waals surface area contributed by atoms with Crippen molar-refractivity contribution in [2.75, 3.05) is 0 Å². The lowest BCUT2D eigenvalue weighted by Crippen LogP contribution is -2.44. The second kappa shape index (κ2) is 8.19. The van der Waals surface area contributed by atoms with Crippen molar-refractivity contribution in [3.8, 4) is 5.75 Å². The van der Waals surface area contributed by atoms with Gasteiger partial charge in [0.15, 0.2) is 0 Å². The number of rotatable bonds is 6. The maximum absolute atomic E-state index is 12.9. The molecule has 0 saturated carbocycles. The summed E-state index contributed by atoms with van der Waals surface area (Å²) in [6.07, 6.45) is -0.695. The normalized spacial score (nSPS) is 24.4. The fraction of sp³-hybridized carbons (Fsp3) is 0.435. The van der Waals surface area contributed by atoms with Gasteiger partial charge in [0.05, 0.1) is 0 Å². The highest BCUT2D eigenvalue weighted by Gasteiger charge is 2.42. The summed E-state index contributed by atoms with van der Waals surface area (Å²) >= 11 is 0. The molecule has 2 fully saturated rings. The summed E-state index contributed by atoms with van der Waals surface area (Å²) in [5.74, 6) is -0.183. The van der Waals surface area contributed by atoms with E-state index >= 15 is 0 Å². The van der Waals surface area contributed by atoms with Crippen LogP contribution in [0.2, 0.25) is 0 Å². The Morgan fingerprint density at radius 1 is 0.966 bits per heavy atom. The summed E-state index contributed by atoms with van der Waals surface area (Å²) in [5, 5.41) is 0. The van der Waals surface area contributed by atoms with Crippen LogP contribution in [0.4, 0.5) is 13.2 Å². The molecule has 0 spiro atoms. The third-order valence-electron chi connectivity index (χ3n) is 6.06. The van der Waals surface area contributed by atoms with Gasteiger partial charge in [0, 0.05) is 31.0 Å². The fourth-order valence-electron chi connectivity index (χ4n) is 4.79. The summed E-state index contributed by atoms with van der Waals surface area (Å²) in [6, 6.07) is 16.9. The van der Waals surface area contributed by atoms with Crippen LogP contribution in [0.1, 0.15) is 36.8 Å². The molecule has 2 saturated heterocycles. The van der Waals surface area contributed by atoms with Gasteiger partial charge in [-0.05, 0) is 48.9 Å². The van der Waals surface area contributed by atoms with Crippen molar-refractivity contribution in [3.63, 3.8) is 0 Å². The van der Waals surface area contributed by atoms with Crippen molar-refractivity contribution in [1.82, 2.24) is 4.90 Å². The Kier molecular flexibility index (Phi) is 5.63. The Morgan fingerprint density at radius 3 is 2.28 bits per heavy atom. The van der Waals surface area contributed by atoms with Crippen molar-refractivity contribution in [1.29, 1.82) is 0 Å². The number of ketones is 1. The van der Waals surface area contributed by atoms with Gasteiger partial charge >= 0.3 is 6.36 Å². The minimum Gasteiger partial charge on any atom is -0.406 e. The van der Waals surface area contributed by atoms with E-state index in [1.54, 1.807) is 6.07 Å². The highest BCUT2D eigenvalue weighted by Crippen LogP contribution is 2.40. The van der Waals surface area contributed by atoms with Gasteiger partial charge < -0.3 is 4.74 Å². The van der Waals surface area contributed by atoms with Gasteiger partial charge in [-0.25, -0.2) is 0 Å². The number of piperidine rings is 1. The number of nitrogens with zero attached hydrogens (tertiary/aromatic N) is 1. The lowest BCUT2D eigenvalue weighted by atomic mass is 9.85. The van der Waals surface area contributed by atoms with Gasteiger partial charge in [-0.15, -0.1) is 13.2 Å². The van der Waals surface area contributed by atoms with E-state index in [0.717, 1.165) is 32.2 Å². The van der Waals surface area contributed by atoms with Crippen LogP contribution in [0.15, 0.2) is 54.6 Å². The molecule has 0 aromatic heterocycles. The van der Waals surface area contributed by atoms with Gasteiger partial charge in [-0.1, -0.05) is 42.5 Å². The van der Waals surface area contributed by atoms with Crippen LogP contribution in [0.25, 0.3) is 0 Å². The van der Waals surface area contributed by atoms with Crippen LogP contribution < -0.4 is 4.74 Å². The number of Topliss-reactive ketones (excluding diaryl/α,β-unsaturated/α-hetero) is 1. The number of hydrogen-bond donors (Lipinski definition) is 0. The zero-order valence-electron chi connectivity index (χ0n) is 16.1. The van der Waals surface area contributed by atoms with E-state index in [4.69, 9.17) is 0 Å². The van der Waals surface area contributed by atoms with E-state index in [0.29, 0.717) is 17.6 Å². The molecular formula is C23H24F3NO2. The summed E-state index contributed by atoms with van der Waals surface area (Å²) in [6.45, 7) is 0.911. The molecule has 2 aromatic carbocycles. The number of carbonyl (C=O) groups excluding carboxylic acids is 1. The zero-order chi connectivity index (χ0) is 20.4. The van der Waals surface area contributed by atoms with Crippen molar-refractivity contribution in [2.24, 2.45) is 5.92 Å². The molecule has 6 heteroatoms. The summed E-state index contributed by atoms with van der Waals surface area (Å²) in [4.78, 5) is 15.4. The average molecular weight is 403 g/mol. The van der Waals surface area contributed by atoms with Gasteiger partial charge in [0.1, 0.15) is 11.5 Å². The first-order valence-electron chi connectivity index (χ1n) is 10.0. The molecule has 0 N–H and O–H groups in total. The minimum absolute atomic E-state index is 0.0216. The van der Waals surface area contributed by atoms with Crippen LogP contribution in [-0.2, 0) is 17.8 Å². The average Bonchev–Trinajstić information content (AvgIpc) is 2.89. The predicted molar refractivity (Wildman–Crippen MR) is 103 cm³/mol. The Labute approximate surface area is 168 Å². The number of hydrogen-bond acceptors (Lipinski definition) is 3. The number of benzene rings is 2. The lowest BCUT2D eigenvalue weighted by molar-refractivity contribution is -0.274. The molecule has 2 heterocycles. The highest BCUT2D eigenvalue weighted by atomic mass is 19.4. The first-order valence-corrected chi connectivity index (χ1v) is 10.0. The SMILES string of the molecule is O=C(Cc1cccc(OC(F)(F)F)c1)C1CC2CCC(C1)N2Cc1ccccc1. The van der Waals surface area contributed by atoms with Gasteiger partial charge in [-0.2, -0.15) is 0 Å². The topological polar surface area (TPSA) is 29.5 Å². The fourth-order valence-corrected chi connectivity index (χ4v) is 4.79. The van der Waals surface area contributed by atoms with E-state index in [-0.39, 0.29) is 23.9 Å². The van der Waals surface area contributed by atoms with Crippen LogP contribution in [-0.4, -0.2) is 29.1 Å². The molecule has 0 aliphatic carbocycles. The number of carbonyl (C=O) groups is 1. The van der Waals surface area contributed by atoms with Crippen LogP contribution >= 0.6 is 0 Å². The van der Waals surface area contributed by atoms with E-state index in [9.17, 15) is 18.0 Å². The largest absolute Gasteiger partial charge is 0.573 e. The smallest absolute Gasteiger partial charge is 0.406 e. The first kappa shape index (κ1) is 20.0. The molecule has 4 rings (SSSR count). The lowest BCUT2D eigenvalue weighted by Gasteiger charge is -2.38. The zero-order valence-corrected chi connectivity index (χ0v) is 16.1. The van der Waals surface area contributed by atoms with Crippen molar-refractivity contribution in [2.45, 2.75) is 57.1 Å². The number of alkyl halides is 3. The maximum atomic E-state index is 12.9. The Bertz CT molecular complexity index is 839. The van der Waals surface area contributed by atoms with E-state index in [1.807, 2.05) is 18.2 Å². The van der Waals surface area contributed by atoms with Gasteiger partial charge in [0.2, 0.25) is 0 Å². The van der Waals surface area contributed by atoms with Crippen molar-refractivity contribution >= 4 is 5.78 Å². The standard InChI is InChI=1S/C23H24F3NO2/c24-23(25,26)29-21-8-4-7-17(11-21)12-22(28)18-13-19-9-10-20(14-18)27(19)15-16-5-2-1-3-6-16/h1-8,11,18-20H,9-10,12-15H2. The molecule has 2 aliphatic rings. The molecular weight excluding hydrogens is 379 g/mol. The second-order valence-corrected chi connectivity index (χ2v) is 8.05. The quantitative estimate of drug-likeness (QED) is 0.669. The number of fused-ring (bicyclic) bond motifs is 2. The Hall–Kier alpha value is -2.34. The predicted octanol–water partition coefficient (Wildman–Crippen LogP) is 5.14. The molecule has 0 radical (unpaired) electrons. The van der Waals surface area contributed by atoms with Gasteiger partial charge in [-0.3, -0.25) is 9.69 Å². The maximum Gasteiger partial charge on any atom is 0.573 e. The molecule has 2 aliphatic heterocycles. The third kappa shape index (κ3) is 4.99. The molecule has 3 nitrogen and oxygen atoms in total. The molecule has 2 bridgehead atoms. The third-order valence-corrected chi connectivity index (χ3v) is 6.06. The minimum atomic E-state index is -4.73. The van der Waals surface area contributed by atoms with E-state index in [1.165, 1.54) is 23.8 Å². The number of ether oxygens (including phenoxy) is 1. The molecule has 29 heavy (non-hydrogen) atoms. The number of halogens is 3. The summed E-state index contributed by atoms with van der Waals surface area (Å²) < 4.78 is 41.2. The Balaban J connectivity index is 1.37. The molecule has 154 valence electrons. The Morgan fingerprint density at radius 2 is 1.62 bits per heavy atom. The summed E-state index contributed by atoms with van der Waals surface area (Å²) in [7, 11) is 0. The summed E-state index contributed by atoms with van der Waals surface area (Å²) in [5.41, 5.74) is 1.85. The van der Waals surface area contributed by atoms with Crippen LogP contribution in [0.3, 0.4) is 0 Å². The van der Waals surface area contributed by atoms with Crippen molar-refractivity contribution in [3.05, 3.63) is 65.7 Å².